The molecule has 0 aromatic heterocycles. The molecule has 2 unspecified atom stereocenters. The summed E-state index contributed by atoms with van der Waals surface area (Å²) in [6.45, 7) is 9.33. The molecule has 0 saturated heterocycles. The van der Waals surface area contributed by atoms with Gasteiger partial charge in [-0.3, -0.25) is 0 Å². The highest BCUT2D eigenvalue weighted by Crippen LogP contribution is 2.53. The van der Waals surface area contributed by atoms with Crippen molar-refractivity contribution in [2.45, 2.75) is 59.4 Å². The maximum absolute atomic E-state index is 4.73. The summed E-state index contributed by atoms with van der Waals surface area (Å²) >= 11 is 4.73. The highest BCUT2D eigenvalue weighted by Gasteiger charge is 2.47. The summed E-state index contributed by atoms with van der Waals surface area (Å²) in [5.41, 5.74) is 0.664. The van der Waals surface area contributed by atoms with Crippen molar-refractivity contribution >= 4 is 17.4 Å². The second-order valence-corrected chi connectivity index (χ2v) is 5.45. The Morgan fingerprint density at radius 1 is 1.43 bits per heavy atom. The molecule has 0 aliphatic heterocycles. The van der Waals surface area contributed by atoms with E-state index in [4.69, 9.17) is 12.2 Å². The van der Waals surface area contributed by atoms with E-state index in [1.165, 1.54) is 25.7 Å². The third-order valence-electron chi connectivity index (χ3n) is 4.58. The molecule has 80 valence electrons. The first-order valence-electron chi connectivity index (χ1n) is 5.55. The number of thiocarbonyl (C=S) groups is 1. The van der Waals surface area contributed by atoms with E-state index in [2.05, 4.69) is 37.8 Å². The largest absolute Gasteiger partial charge is 0.229 e. The second kappa shape index (κ2) is 4.12. The normalized spacial score (nSPS) is 36.1. The minimum Gasteiger partial charge on any atom is -0.229 e. The van der Waals surface area contributed by atoms with Crippen molar-refractivity contribution < 1.29 is 0 Å². The van der Waals surface area contributed by atoms with Gasteiger partial charge < -0.3 is 0 Å². The summed E-state index contributed by atoms with van der Waals surface area (Å²) < 4.78 is 0. The first-order chi connectivity index (χ1) is 6.48. The van der Waals surface area contributed by atoms with Crippen LogP contribution < -0.4 is 0 Å². The van der Waals surface area contributed by atoms with Crippen molar-refractivity contribution in [3.05, 3.63) is 0 Å². The van der Waals surface area contributed by atoms with Crippen molar-refractivity contribution in [3.8, 4) is 0 Å². The van der Waals surface area contributed by atoms with Gasteiger partial charge in [0.25, 0.3) is 0 Å². The maximum atomic E-state index is 4.73. The molecular weight excluding hydrogens is 190 g/mol. The van der Waals surface area contributed by atoms with E-state index in [1.807, 2.05) is 0 Å². The Morgan fingerprint density at radius 3 is 2.57 bits per heavy atom. The molecule has 2 atom stereocenters. The molecule has 0 N–H and O–H groups in total. The molecule has 1 aliphatic carbocycles. The summed E-state index contributed by atoms with van der Waals surface area (Å²) in [4.78, 5) is 4.34. The minimum absolute atomic E-state index is 0.256. The van der Waals surface area contributed by atoms with Gasteiger partial charge >= 0.3 is 0 Å². The Bertz CT molecular complexity index is 253. The van der Waals surface area contributed by atoms with Gasteiger partial charge in [-0.25, -0.2) is 4.99 Å². The highest BCUT2D eigenvalue weighted by molar-refractivity contribution is 7.78. The smallest absolute Gasteiger partial charge is 0.0658 e. The number of hydrogen-bond acceptors (Lipinski definition) is 2. The SMILES string of the molecule is CCC1(C)CCCC(N=C=S)C1(C)C. The van der Waals surface area contributed by atoms with Gasteiger partial charge in [-0.1, -0.05) is 40.5 Å². The van der Waals surface area contributed by atoms with Crippen LogP contribution in [-0.4, -0.2) is 11.2 Å². The number of isothiocyanates is 1. The van der Waals surface area contributed by atoms with Gasteiger partial charge in [0, 0.05) is 0 Å². The topological polar surface area (TPSA) is 12.4 Å². The molecule has 0 radical (unpaired) electrons. The molecule has 0 aromatic rings. The second-order valence-electron chi connectivity index (χ2n) is 5.26. The number of nitrogens with zero attached hydrogens (tertiary/aromatic N) is 1. The van der Waals surface area contributed by atoms with Crippen LogP contribution in [0.25, 0.3) is 0 Å². The third kappa shape index (κ3) is 1.78. The van der Waals surface area contributed by atoms with Crippen LogP contribution >= 0.6 is 12.2 Å². The van der Waals surface area contributed by atoms with Crippen molar-refractivity contribution in [2.24, 2.45) is 15.8 Å². The zero-order chi connectivity index (χ0) is 10.8. The zero-order valence-corrected chi connectivity index (χ0v) is 10.6. The summed E-state index contributed by atoms with van der Waals surface area (Å²) in [6, 6.07) is 0.374. The number of rotatable bonds is 2. The van der Waals surface area contributed by atoms with Gasteiger partial charge in [0.05, 0.1) is 11.2 Å². The molecule has 1 nitrogen and oxygen atoms in total. The van der Waals surface area contributed by atoms with Gasteiger partial charge in [0.2, 0.25) is 0 Å². The van der Waals surface area contributed by atoms with Crippen LogP contribution in [0.1, 0.15) is 53.4 Å². The predicted octanol–water partition coefficient (Wildman–Crippen LogP) is 4.08. The van der Waals surface area contributed by atoms with E-state index >= 15 is 0 Å². The lowest BCUT2D eigenvalue weighted by Gasteiger charge is -2.51. The first-order valence-corrected chi connectivity index (χ1v) is 5.96. The molecule has 14 heavy (non-hydrogen) atoms. The molecule has 0 aromatic carbocycles. The van der Waals surface area contributed by atoms with Crippen LogP contribution in [0.2, 0.25) is 0 Å². The molecule has 0 amide bonds. The van der Waals surface area contributed by atoms with Crippen molar-refractivity contribution in [1.82, 2.24) is 0 Å². The monoisotopic (exact) mass is 211 g/mol. The summed E-state index contributed by atoms with van der Waals surface area (Å²) in [6.07, 6.45) is 4.99. The maximum Gasteiger partial charge on any atom is 0.0658 e. The summed E-state index contributed by atoms with van der Waals surface area (Å²) in [5, 5.41) is 2.56. The molecule has 1 rings (SSSR count). The van der Waals surface area contributed by atoms with E-state index in [1.54, 1.807) is 0 Å². The zero-order valence-electron chi connectivity index (χ0n) is 9.76. The number of hydrogen-bond donors (Lipinski definition) is 0. The Balaban J connectivity index is 2.98. The minimum atomic E-state index is 0.256. The molecule has 0 bridgehead atoms. The van der Waals surface area contributed by atoms with E-state index in [0.717, 1.165) is 0 Å². The molecular formula is C12H21NS. The van der Waals surface area contributed by atoms with Crippen LogP contribution in [0.4, 0.5) is 0 Å². The van der Waals surface area contributed by atoms with Crippen LogP contribution in [-0.2, 0) is 0 Å². The average Bonchev–Trinajstić information content (AvgIpc) is 2.14. The van der Waals surface area contributed by atoms with Crippen LogP contribution in [0.3, 0.4) is 0 Å². The Morgan fingerprint density at radius 2 is 2.07 bits per heavy atom. The fourth-order valence-electron chi connectivity index (χ4n) is 2.69. The van der Waals surface area contributed by atoms with E-state index < -0.39 is 0 Å². The quantitative estimate of drug-likeness (QED) is 0.495. The van der Waals surface area contributed by atoms with Crippen LogP contribution in [0, 0.1) is 10.8 Å². The van der Waals surface area contributed by atoms with Gasteiger partial charge in [-0.05, 0) is 35.9 Å². The van der Waals surface area contributed by atoms with Gasteiger partial charge in [0.15, 0.2) is 0 Å². The number of aliphatic imine (C=N–C) groups is 1. The third-order valence-corrected chi connectivity index (χ3v) is 4.69. The van der Waals surface area contributed by atoms with E-state index in [9.17, 15) is 0 Å². The van der Waals surface area contributed by atoms with Crippen LogP contribution in [0.5, 0.6) is 0 Å². The average molecular weight is 211 g/mol. The lowest BCUT2D eigenvalue weighted by molar-refractivity contribution is 0.0113. The lowest BCUT2D eigenvalue weighted by atomic mass is 9.55. The molecule has 2 heteroatoms. The highest BCUT2D eigenvalue weighted by atomic mass is 32.1. The Hall–Kier alpha value is -0.200. The summed E-state index contributed by atoms with van der Waals surface area (Å²) in [5.74, 6) is 0. The Kier molecular flexibility index (Phi) is 3.49. The lowest BCUT2D eigenvalue weighted by Crippen LogP contribution is -2.46. The van der Waals surface area contributed by atoms with Crippen LogP contribution in [0.15, 0.2) is 4.99 Å². The predicted molar refractivity (Wildman–Crippen MR) is 64.8 cm³/mol. The summed E-state index contributed by atoms with van der Waals surface area (Å²) in [7, 11) is 0. The molecule has 0 heterocycles. The van der Waals surface area contributed by atoms with Gasteiger partial charge in [-0.15, -0.1) is 0 Å². The molecule has 1 fully saturated rings. The van der Waals surface area contributed by atoms with E-state index in [-0.39, 0.29) is 5.41 Å². The first kappa shape index (κ1) is 11.9. The van der Waals surface area contributed by atoms with E-state index in [0.29, 0.717) is 11.5 Å². The van der Waals surface area contributed by atoms with Gasteiger partial charge in [-0.2, -0.15) is 0 Å². The molecule has 1 aliphatic rings. The Labute approximate surface area is 93.0 Å². The molecule has 1 saturated carbocycles. The van der Waals surface area contributed by atoms with Crippen molar-refractivity contribution in [1.29, 1.82) is 0 Å². The molecule has 0 spiro atoms. The van der Waals surface area contributed by atoms with Crippen molar-refractivity contribution in [3.63, 3.8) is 0 Å². The van der Waals surface area contributed by atoms with Gasteiger partial charge in [0.1, 0.15) is 0 Å². The fourth-order valence-corrected chi connectivity index (χ4v) is 2.82. The van der Waals surface area contributed by atoms with Crippen molar-refractivity contribution in [2.75, 3.05) is 0 Å². The fraction of sp³-hybridized carbons (Fsp3) is 0.917. The standard InChI is InChI=1S/C12H21NS/c1-5-12(4)8-6-7-10(13-9-14)11(12,2)3/h10H,5-8H2,1-4H3.